The molecule has 20 heavy (non-hydrogen) atoms. The summed E-state index contributed by atoms with van der Waals surface area (Å²) < 4.78 is 5.16. The maximum absolute atomic E-state index is 12.3. The maximum atomic E-state index is 12.3. The van der Waals surface area contributed by atoms with Crippen molar-refractivity contribution < 1.29 is 9.53 Å². The molecule has 0 amide bonds. The van der Waals surface area contributed by atoms with Gasteiger partial charge in [-0.2, -0.15) is 0 Å². The Hall–Kier alpha value is -1.45. The van der Waals surface area contributed by atoms with Crippen LogP contribution in [0.15, 0.2) is 36.0 Å². The van der Waals surface area contributed by atoms with Crippen LogP contribution in [0.2, 0.25) is 10.0 Å². The Morgan fingerprint density at radius 1 is 1.40 bits per heavy atom. The zero-order valence-electron chi connectivity index (χ0n) is 11.3. The number of benzene rings is 1. The highest BCUT2D eigenvalue weighted by Gasteiger charge is 2.23. The van der Waals surface area contributed by atoms with Crippen LogP contribution >= 0.6 is 23.2 Å². The largest absolute Gasteiger partial charge is 0.462 e. The first-order valence-electron chi connectivity index (χ1n) is 6.29. The van der Waals surface area contributed by atoms with Gasteiger partial charge in [0.05, 0.1) is 22.9 Å². The van der Waals surface area contributed by atoms with Gasteiger partial charge in [-0.1, -0.05) is 35.3 Å². The van der Waals surface area contributed by atoms with Crippen molar-refractivity contribution >= 4 is 34.7 Å². The third kappa shape index (κ3) is 3.00. The first kappa shape index (κ1) is 14.9. The smallest absolute Gasteiger partial charge is 0.340 e. The number of carbonyl (C=O) groups is 1. The van der Waals surface area contributed by atoms with Crippen molar-refractivity contribution in [1.29, 1.82) is 0 Å². The van der Waals surface area contributed by atoms with E-state index in [2.05, 4.69) is 0 Å². The summed E-state index contributed by atoms with van der Waals surface area (Å²) in [5, 5.41) is 0.962. The summed E-state index contributed by atoms with van der Waals surface area (Å²) >= 11 is 12.1. The molecule has 106 valence electrons. The van der Waals surface area contributed by atoms with Gasteiger partial charge in [0, 0.05) is 24.2 Å². The Labute approximate surface area is 128 Å². The number of ether oxygens (including phenoxy) is 1. The van der Waals surface area contributed by atoms with Crippen LogP contribution in [0.4, 0.5) is 0 Å². The van der Waals surface area contributed by atoms with Crippen molar-refractivity contribution in [2.75, 3.05) is 20.2 Å². The van der Waals surface area contributed by atoms with E-state index in [4.69, 9.17) is 27.9 Å². The Bertz CT molecular complexity index is 594. The monoisotopic (exact) mass is 311 g/mol. The molecule has 0 atom stereocenters. The molecule has 0 radical (unpaired) electrons. The number of nitrogens with zero attached hydrogens (tertiary/aromatic N) is 1. The van der Waals surface area contributed by atoms with Crippen molar-refractivity contribution in [2.24, 2.45) is 0 Å². The summed E-state index contributed by atoms with van der Waals surface area (Å²) in [6.45, 7) is 2.84. The van der Waals surface area contributed by atoms with Crippen LogP contribution in [0.1, 0.15) is 12.5 Å². The average molecular weight is 312 g/mol. The molecule has 1 heterocycles. The van der Waals surface area contributed by atoms with Crippen LogP contribution in [0, 0.1) is 0 Å². The first-order valence-corrected chi connectivity index (χ1v) is 7.04. The maximum Gasteiger partial charge on any atom is 0.340 e. The van der Waals surface area contributed by atoms with E-state index in [1.807, 2.05) is 24.1 Å². The third-order valence-electron chi connectivity index (χ3n) is 3.00. The molecule has 0 spiro atoms. The van der Waals surface area contributed by atoms with Gasteiger partial charge in [-0.3, -0.25) is 0 Å². The molecular weight excluding hydrogens is 297 g/mol. The molecule has 0 saturated carbocycles. The molecule has 0 bridgehead atoms. The fourth-order valence-corrected chi connectivity index (χ4v) is 2.57. The molecular formula is C15H15Cl2NO2. The van der Waals surface area contributed by atoms with E-state index in [9.17, 15) is 4.79 Å². The first-order chi connectivity index (χ1) is 9.54. The van der Waals surface area contributed by atoms with Crippen LogP contribution in [0.5, 0.6) is 0 Å². The number of hydrogen-bond donors (Lipinski definition) is 0. The molecule has 3 nitrogen and oxygen atoms in total. The van der Waals surface area contributed by atoms with Gasteiger partial charge >= 0.3 is 5.97 Å². The fourth-order valence-electron chi connectivity index (χ4n) is 2.07. The molecule has 1 aliphatic rings. The summed E-state index contributed by atoms with van der Waals surface area (Å²) in [5.74, 6) is -0.384. The molecule has 1 aromatic carbocycles. The Morgan fingerprint density at radius 2 is 2.15 bits per heavy atom. The molecule has 2 rings (SSSR count). The summed E-state index contributed by atoms with van der Waals surface area (Å²) in [4.78, 5) is 14.3. The standard InChI is InChI=1S/C15H15Cl2NO2/c1-3-20-15(19)14(13-5-4-8-18(13)2)11-7-6-10(16)9-12(11)17/h4-7,9H,3,8H2,1-2H3. The van der Waals surface area contributed by atoms with Gasteiger partial charge in [-0.15, -0.1) is 0 Å². The summed E-state index contributed by atoms with van der Waals surface area (Å²) in [6, 6.07) is 5.07. The average Bonchev–Trinajstić information content (AvgIpc) is 2.79. The molecule has 0 aliphatic carbocycles. The van der Waals surface area contributed by atoms with Gasteiger partial charge in [-0.05, 0) is 25.1 Å². The minimum Gasteiger partial charge on any atom is -0.462 e. The van der Waals surface area contributed by atoms with Gasteiger partial charge in [0.25, 0.3) is 0 Å². The van der Waals surface area contributed by atoms with Crippen LogP contribution in [0.25, 0.3) is 5.57 Å². The third-order valence-corrected chi connectivity index (χ3v) is 3.55. The lowest BCUT2D eigenvalue weighted by atomic mass is 10.0. The van der Waals surface area contributed by atoms with Gasteiger partial charge in [-0.25, -0.2) is 4.79 Å². The minimum absolute atomic E-state index is 0.314. The van der Waals surface area contributed by atoms with Crippen LogP contribution in [0.3, 0.4) is 0 Å². The summed E-state index contributed by atoms with van der Waals surface area (Å²) in [6.07, 6.45) is 3.88. The SMILES string of the molecule is CCOC(=O)C(=C1C=CCN1C)c1ccc(Cl)cc1Cl. The Balaban J connectivity index is 2.58. The lowest BCUT2D eigenvalue weighted by molar-refractivity contribution is -0.136. The van der Waals surface area contributed by atoms with E-state index < -0.39 is 0 Å². The zero-order valence-corrected chi connectivity index (χ0v) is 12.8. The molecule has 0 saturated heterocycles. The fraction of sp³-hybridized carbons (Fsp3) is 0.267. The summed E-state index contributed by atoms with van der Waals surface area (Å²) in [5.41, 5.74) is 1.89. The lowest BCUT2D eigenvalue weighted by Gasteiger charge is -2.18. The Kier molecular flexibility index (Phi) is 4.73. The van der Waals surface area contributed by atoms with Crippen molar-refractivity contribution in [1.82, 2.24) is 4.90 Å². The Morgan fingerprint density at radius 3 is 2.70 bits per heavy atom. The highest BCUT2D eigenvalue weighted by atomic mass is 35.5. The van der Waals surface area contributed by atoms with Crippen molar-refractivity contribution in [3.8, 4) is 0 Å². The van der Waals surface area contributed by atoms with Crippen LogP contribution < -0.4 is 0 Å². The number of allylic oxidation sites excluding steroid dienone is 1. The molecule has 1 aromatic rings. The van der Waals surface area contributed by atoms with Gasteiger partial charge in [0.1, 0.15) is 0 Å². The van der Waals surface area contributed by atoms with Crippen molar-refractivity contribution in [3.63, 3.8) is 0 Å². The molecule has 1 aliphatic heterocycles. The van der Waals surface area contributed by atoms with Gasteiger partial charge < -0.3 is 9.64 Å². The zero-order chi connectivity index (χ0) is 14.7. The molecule has 5 heteroatoms. The predicted molar refractivity (Wildman–Crippen MR) is 81.8 cm³/mol. The number of likely N-dealkylation sites (N-methyl/N-ethyl adjacent to an activating group) is 1. The van der Waals surface area contributed by atoms with Gasteiger partial charge in [0.2, 0.25) is 0 Å². The number of hydrogen-bond acceptors (Lipinski definition) is 3. The topological polar surface area (TPSA) is 29.5 Å². The number of halogens is 2. The quantitative estimate of drug-likeness (QED) is 0.628. The van der Waals surface area contributed by atoms with Crippen molar-refractivity contribution in [3.05, 3.63) is 51.7 Å². The highest BCUT2D eigenvalue weighted by molar-refractivity contribution is 6.37. The van der Waals surface area contributed by atoms with Crippen LogP contribution in [-0.4, -0.2) is 31.1 Å². The number of carbonyl (C=O) groups excluding carboxylic acids is 1. The minimum atomic E-state index is -0.384. The van der Waals surface area contributed by atoms with Crippen LogP contribution in [-0.2, 0) is 9.53 Å². The number of esters is 1. The number of rotatable bonds is 3. The second kappa shape index (κ2) is 6.33. The van der Waals surface area contributed by atoms with E-state index in [1.54, 1.807) is 25.1 Å². The van der Waals surface area contributed by atoms with E-state index in [-0.39, 0.29) is 5.97 Å². The second-order valence-electron chi connectivity index (χ2n) is 4.39. The van der Waals surface area contributed by atoms with Crippen molar-refractivity contribution in [2.45, 2.75) is 6.92 Å². The normalized spacial score (nSPS) is 16.5. The van der Waals surface area contributed by atoms with E-state index in [0.717, 1.165) is 12.2 Å². The predicted octanol–water partition coefficient (Wildman–Crippen LogP) is 3.77. The molecule has 0 N–H and O–H groups in total. The highest BCUT2D eigenvalue weighted by Crippen LogP contribution is 2.32. The molecule has 0 unspecified atom stereocenters. The molecule has 0 aromatic heterocycles. The second-order valence-corrected chi connectivity index (χ2v) is 5.23. The van der Waals surface area contributed by atoms with E-state index in [1.165, 1.54) is 0 Å². The molecule has 0 fully saturated rings. The van der Waals surface area contributed by atoms with E-state index >= 15 is 0 Å². The summed E-state index contributed by atoms with van der Waals surface area (Å²) in [7, 11) is 1.92. The lowest BCUT2D eigenvalue weighted by Crippen LogP contribution is -2.18. The van der Waals surface area contributed by atoms with Gasteiger partial charge in [0.15, 0.2) is 0 Å². The van der Waals surface area contributed by atoms with E-state index in [0.29, 0.717) is 27.8 Å².